The number of aromatic nitrogens is 3. The zero-order chi connectivity index (χ0) is 16.5. The highest BCUT2D eigenvalue weighted by Crippen LogP contribution is 1.99. The van der Waals surface area contributed by atoms with Gasteiger partial charge in [0.15, 0.2) is 0 Å². The Morgan fingerprint density at radius 2 is 2.00 bits per heavy atom. The predicted molar refractivity (Wildman–Crippen MR) is 84.4 cm³/mol. The first kappa shape index (κ1) is 16.2. The van der Waals surface area contributed by atoms with Crippen molar-refractivity contribution in [3.05, 3.63) is 74.7 Å². The number of hydrogen-bond acceptors (Lipinski definition) is 5. The van der Waals surface area contributed by atoms with Crippen LogP contribution in [0.25, 0.3) is 0 Å². The van der Waals surface area contributed by atoms with Crippen molar-refractivity contribution in [3.63, 3.8) is 0 Å². The number of hydrogen-bond donors (Lipinski definition) is 4. The third kappa shape index (κ3) is 5.62. The van der Waals surface area contributed by atoms with Gasteiger partial charge in [0, 0.05) is 19.0 Å². The fraction of sp³-hybridized carbons (Fsp3) is 0.200. The van der Waals surface area contributed by atoms with Crippen LogP contribution in [0.1, 0.15) is 17.7 Å². The van der Waals surface area contributed by atoms with Crippen molar-refractivity contribution in [3.8, 4) is 0 Å². The van der Waals surface area contributed by atoms with Gasteiger partial charge < -0.3 is 5.43 Å². The minimum Gasteiger partial charge on any atom is -0.306 e. The molecule has 23 heavy (non-hydrogen) atoms. The number of nitrogens with one attached hydrogen (secondary N) is 4. The van der Waals surface area contributed by atoms with Crippen LogP contribution in [0.2, 0.25) is 0 Å². The van der Waals surface area contributed by atoms with E-state index in [1.165, 1.54) is 5.56 Å². The fourth-order valence-electron chi connectivity index (χ4n) is 1.83. The Labute approximate surface area is 131 Å². The van der Waals surface area contributed by atoms with E-state index in [2.05, 4.69) is 26.0 Å². The molecule has 0 saturated carbocycles. The maximum atomic E-state index is 11.6. The largest absolute Gasteiger partial charge is 0.342 e. The molecule has 0 unspecified atom stereocenters. The van der Waals surface area contributed by atoms with Gasteiger partial charge in [-0.05, 0) is 12.0 Å². The quantitative estimate of drug-likeness (QED) is 0.526. The summed E-state index contributed by atoms with van der Waals surface area (Å²) in [5.41, 5.74) is 5.17. The topological polar surface area (TPSA) is 120 Å². The molecule has 0 fully saturated rings. The maximum absolute atomic E-state index is 11.6. The zero-order valence-corrected chi connectivity index (χ0v) is 12.3. The van der Waals surface area contributed by atoms with E-state index in [1.54, 1.807) is 6.20 Å². The van der Waals surface area contributed by atoms with Crippen molar-refractivity contribution < 1.29 is 4.79 Å². The van der Waals surface area contributed by atoms with E-state index in [0.29, 0.717) is 0 Å². The Morgan fingerprint density at radius 3 is 2.74 bits per heavy atom. The average molecular weight is 315 g/mol. The summed E-state index contributed by atoms with van der Waals surface area (Å²) in [5, 5.41) is 5.72. The molecule has 0 aliphatic rings. The molecular weight excluding hydrogens is 298 g/mol. The summed E-state index contributed by atoms with van der Waals surface area (Å²) in [6.07, 6.45) is 4.47. The van der Waals surface area contributed by atoms with Gasteiger partial charge in [-0.15, -0.1) is 0 Å². The van der Waals surface area contributed by atoms with Crippen LogP contribution in [0.15, 0.2) is 52.2 Å². The molecule has 2 aromatic rings. The fourth-order valence-corrected chi connectivity index (χ4v) is 1.83. The molecule has 1 aromatic carbocycles. The lowest BCUT2D eigenvalue weighted by atomic mass is 10.1. The number of allylic oxidation sites excluding steroid dienone is 1. The number of nitrogens with zero attached hydrogens (tertiary/aromatic N) is 1. The van der Waals surface area contributed by atoms with E-state index in [9.17, 15) is 14.4 Å². The lowest BCUT2D eigenvalue weighted by molar-refractivity contribution is -0.121. The first-order valence-corrected chi connectivity index (χ1v) is 7.06. The molecule has 0 saturated heterocycles. The third-order valence-electron chi connectivity index (χ3n) is 2.98. The third-order valence-corrected chi connectivity index (χ3v) is 2.98. The average Bonchev–Trinajstić information content (AvgIpc) is 2.54. The second kappa shape index (κ2) is 8.32. The van der Waals surface area contributed by atoms with Gasteiger partial charge in [0.25, 0.3) is 5.56 Å². The molecule has 1 heterocycles. The molecule has 8 nitrogen and oxygen atoms in total. The van der Waals surface area contributed by atoms with Crippen molar-refractivity contribution in [1.29, 1.82) is 0 Å². The van der Waals surface area contributed by atoms with Gasteiger partial charge in [-0.25, -0.2) is 9.89 Å². The lowest BCUT2D eigenvalue weighted by Crippen LogP contribution is -2.34. The van der Waals surface area contributed by atoms with Crippen LogP contribution >= 0.6 is 0 Å². The number of aryl methyl sites for hydroxylation is 1. The van der Waals surface area contributed by atoms with Crippen molar-refractivity contribution >= 4 is 5.91 Å². The van der Waals surface area contributed by atoms with Gasteiger partial charge in [0.05, 0.1) is 0 Å². The number of carbonyl (C=O) groups is 1. The summed E-state index contributed by atoms with van der Waals surface area (Å²) in [5.74, 6) is -0.290. The highest BCUT2D eigenvalue weighted by molar-refractivity contribution is 5.75. The van der Waals surface area contributed by atoms with E-state index >= 15 is 0 Å². The van der Waals surface area contributed by atoms with E-state index in [0.717, 1.165) is 6.42 Å². The van der Waals surface area contributed by atoms with E-state index in [4.69, 9.17) is 0 Å². The number of H-pyrrole nitrogens is 2. The second-order valence-electron chi connectivity index (χ2n) is 4.74. The van der Waals surface area contributed by atoms with Crippen molar-refractivity contribution in [2.24, 2.45) is 0 Å². The molecule has 0 aliphatic carbocycles. The van der Waals surface area contributed by atoms with E-state index < -0.39 is 11.2 Å². The SMILES string of the molecule is O=C(CCc1n[nH]c(=O)[nH]c1=O)NNC=CCc1ccccc1. The van der Waals surface area contributed by atoms with E-state index in [1.807, 2.05) is 36.4 Å². The summed E-state index contributed by atoms with van der Waals surface area (Å²) in [6, 6.07) is 9.90. The summed E-state index contributed by atoms with van der Waals surface area (Å²) >= 11 is 0. The minimum atomic E-state index is -0.673. The van der Waals surface area contributed by atoms with Crippen LogP contribution in [0.5, 0.6) is 0 Å². The molecule has 0 aliphatic heterocycles. The highest BCUT2D eigenvalue weighted by Gasteiger charge is 2.06. The van der Waals surface area contributed by atoms with Crippen LogP contribution in [0.3, 0.4) is 0 Å². The van der Waals surface area contributed by atoms with E-state index in [-0.39, 0.29) is 24.4 Å². The molecule has 8 heteroatoms. The standard InChI is InChI=1S/C15H17N5O3/c21-13(9-8-12-14(22)17-15(23)20-18-12)19-16-10-4-7-11-5-2-1-3-6-11/h1-6,10,16H,7-9H2,(H,19,21)(H2,17,20,22,23). The predicted octanol–water partition coefficient (Wildman–Crippen LogP) is -0.232. The second-order valence-corrected chi connectivity index (χ2v) is 4.74. The van der Waals surface area contributed by atoms with Crippen LogP contribution in [-0.2, 0) is 17.6 Å². The smallest absolute Gasteiger partial charge is 0.306 e. The maximum Gasteiger partial charge on any atom is 0.342 e. The van der Waals surface area contributed by atoms with Gasteiger partial charge in [-0.2, -0.15) is 5.10 Å². The molecule has 0 atom stereocenters. The lowest BCUT2D eigenvalue weighted by Gasteiger charge is -2.03. The van der Waals surface area contributed by atoms with Crippen molar-refractivity contribution in [2.75, 3.05) is 0 Å². The van der Waals surface area contributed by atoms with Crippen LogP contribution < -0.4 is 22.1 Å². The summed E-state index contributed by atoms with van der Waals surface area (Å²) in [6.45, 7) is 0. The first-order valence-electron chi connectivity index (χ1n) is 7.06. The van der Waals surface area contributed by atoms with Gasteiger partial charge in [0.2, 0.25) is 5.91 Å². The van der Waals surface area contributed by atoms with Gasteiger partial charge >= 0.3 is 5.69 Å². The van der Waals surface area contributed by atoms with Crippen LogP contribution in [0.4, 0.5) is 0 Å². The molecule has 120 valence electrons. The normalized spacial score (nSPS) is 10.6. The molecule has 1 amide bonds. The van der Waals surface area contributed by atoms with Crippen molar-refractivity contribution in [2.45, 2.75) is 19.3 Å². The zero-order valence-electron chi connectivity index (χ0n) is 12.3. The summed E-state index contributed by atoms with van der Waals surface area (Å²) in [7, 11) is 0. The monoisotopic (exact) mass is 315 g/mol. The highest BCUT2D eigenvalue weighted by atomic mass is 16.2. The summed E-state index contributed by atoms with van der Waals surface area (Å²) in [4.78, 5) is 35.9. The number of rotatable bonds is 7. The minimum absolute atomic E-state index is 0.0711. The Kier molecular flexibility index (Phi) is 5.87. The molecule has 0 radical (unpaired) electrons. The summed E-state index contributed by atoms with van der Waals surface area (Å²) < 4.78 is 0. The molecule has 0 bridgehead atoms. The Balaban J connectivity index is 1.69. The number of carbonyl (C=O) groups excluding carboxylic acids is 1. The van der Waals surface area contributed by atoms with Crippen molar-refractivity contribution in [1.82, 2.24) is 26.0 Å². The number of benzene rings is 1. The van der Waals surface area contributed by atoms with Gasteiger partial charge in [-0.1, -0.05) is 36.4 Å². The molecule has 1 aromatic heterocycles. The molecule has 2 rings (SSSR count). The van der Waals surface area contributed by atoms with Crippen LogP contribution in [0, 0.1) is 0 Å². The molecule has 0 spiro atoms. The Morgan fingerprint density at radius 1 is 1.22 bits per heavy atom. The first-order chi connectivity index (χ1) is 11.1. The molecule has 4 N–H and O–H groups in total. The Hall–Kier alpha value is -3.16. The van der Waals surface area contributed by atoms with Crippen LogP contribution in [-0.4, -0.2) is 21.1 Å². The molecular formula is C15H17N5O3. The number of aromatic amines is 2. The van der Waals surface area contributed by atoms with Gasteiger partial charge in [0.1, 0.15) is 5.69 Å². The number of hydrazine groups is 1. The Bertz CT molecular complexity index is 779. The number of amides is 1. The van der Waals surface area contributed by atoms with Gasteiger partial charge in [-0.3, -0.25) is 20.0 Å².